The first-order valence-corrected chi connectivity index (χ1v) is 6.27. The van der Waals surface area contributed by atoms with Crippen molar-refractivity contribution in [2.24, 2.45) is 10.2 Å². The summed E-state index contributed by atoms with van der Waals surface area (Å²) in [7, 11) is 1.64. The van der Waals surface area contributed by atoms with Crippen LogP contribution >= 0.6 is 0 Å². The van der Waals surface area contributed by atoms with Crippen LogP contribution in [0.1, 0.15) is 5.69 Å². The SMILES string of the molecule is COc1ccc(N=Nc2c(C)nc3ccccn23)cc1. The standard InChI is InChI=1S/C15H14N4O/c1-11-15(19-10-4-3-5-14(19)16-11)18-17-12-6-8-13(20-2)9-7-12/h3-10H,1-2H3. The van der Waals surface area contributed by atoms with Crippen LogP contribution < -0.4 is 4.74 Å². The van der Waals surface area contributed by atoms with Crippen LogP contribution in [-0.2, 0) is 0 Å². The molecule has 20 heavy (non-hydrogen) atoms. The van der Waals surface area contributed by atoms with Crippen molar-refractivity contribution in [3.05, 3.63) is 54.4 Å². The second-order valence-electron chi connectivity index (χ2n) is 4.35. The number of ether oxygens (including phenoxy) is 1. The summed E-state index contributed by atoms with van der Waals surface area (Å²) >= 11 is 0. The van der Waals surface area contributed by atoms with Crippen LogP contribution in [0.3, 0.4) is 0 Å². The molecule has 100 valence electrons. The van der Waals surface area contributed by atoms with E-state index in [0.29, 0.717) is 0 Å². The zero-order valence-corrected chi connectivity index (χ0v) is 11.3. The van der Waals surface area contributed by atoms with Gasteiger partial charge in [0.15, 0.2) is 5.82 Å². The van der Waals surface area contributed by atoms with E-state index in [1.807, 2.05) is 60.0 Å². The molecule has 0 aliphatic carbocycles. The smallest absolute Gasteiger partial charge is 0.182 e. The number of azo groups is 1. The van der Waals surface area contributed by atoms with Crippen molar-refractivity contribution >= 4 is 17.2 Å². The van der Waals surface area contributed by atoms with Crippen LogP contribution in [0.4, 0.5) is 11.5 Å². The van der Waals surface area contributed by atoms with Crippen molar-refractivity contribution in [3.8, 4) is 5.75 Å². The van der Waals surface area contributed by atoms with Crippen LogP contribution in [0.25, 0.3) is 5.65 Å². The Morgan fingerprint density at radius 1 is 1.05 bits per heavy atom. The van der Waals surface area contributed by atoms with Gasteiger partial charge < -0.3 is 4.74 Å². The van der Waals surface area contributed by atoms with Gasteiger partial charge in [0.25, 0.3) is 0 Å². The van der Waals surface area contributed by atoms with E-state index in [1.165, 1.54) is 0 Å². The largest absolute Gasteiger partial charge is 0.497 e. The lowest BCUT2D eigenvalue weighted by Crippen LogP contribution is -1.81. The molecule has 0 atom stereocenters. The molecule has 0 bridgehead atoms. The number of pyridine rings is 1. The van der Waals surface area contributed by atoms with Crippen LogP contribution in [0.2, 0.25) is 0 Å². The molecular formula is C15H14N4O. The second kappa shape index (κ2) is 5.13. The first-order chi connectivity index (χ1) is 9.78. The van der Waals surface area contributed by atoms with Crippen LogP contribution in [-0.4, -0.2) is 16.5 Å². The van der Waals surface area contributed by atoms with Gasteiger partial charge in [-0.1, -0.05) is 6.07 Å². The lowest BCUT2D eigenvalue weighted by Gasteiger charge is -1.98. The van der Waals surface area contributed by atoms with Gasteiger partial charge in [0.05, 0.1) is 18.5 Å². The minimum Gasteiger partial charge on any atom is -0.497 e. The summed E-state index contributed by atoms with van der Waals surface area (Å²) in [6.45, 7) is 1.93. The van der Waals surface area contributed by atoms with Gasteiger partial charge in [0, 0.05) is 6.20 Å². The Hall–Kier alpha value is -2.69. The second-order valence-corrected chi connectivity index (χ2v) is 4.35. The van der Waals surface area contributed by atoms with Gasteiger partial charge in [-0.25, -0.2) is 4.98 Å². The molecule has 0 radical (unpaired) electrons. The highest BCUT2D eigenvalue weighted by molar-refractivity contribution is 5.51. The van der Waals surface area contributed by atoms with Gasteiger partial charge in [-0.15, -0.1) is 10.2 Å². The molecule has 0 aliphatic rings. The summed E-state index contributed by atoms with van der Waals surface area (Å²) < 4.78 is 7.03. The van der Waals surface area contributed by atoms with E-state index >= 15 is 0 Å². The number of imidazole rings is 1. The van der Waals surface area contributed by atoms with Crippen molar-refractivity contribution in [1.29, 1.82) is 0 Å². The predicted molar refractivity (Wildman–Crippen MR) is 77.1 cm³/mol. The third-order valence-corrected chi connectivity index (χ3v) is 3.01. The minimum atomic E-state index is 0.747. The number of aryl methyl sites for hydroxylation is 1. The van der Waals surface area contributed by atoms with Crippen molar-refractivity contribution in [1.82, 2.24) is 9.38 Å². The lowest BCUT2D eigenvalue weighted by atomic mass is 10.3. The van der Waals surface area contributed by atoms with Crippen molar-refractivity contribution < 1.29 is 4.74 Å². The van der Waals surface area contributed by atoms with Gasteiger partial charge in [-0.05, 0) is 43.3 Å². The molecule has 2 heterocycles. The molecule has 0 amide bonds. The summed E-state index contributed by atoms with van der Waals surface area (Å²) in [6.07, 6.45) is 1.93. The molecule has 0 saturated carbocycles. The third-order valence-electron chi connectivity index (χ3n) is 3.01. The fraction of sp³-hybridized carbons (Fsp3) is 0.133. The normalized spacial score (nSPS) is 11.3. The summed E-state index contributed by atoms with van der Waals surface area (Å²) in [5.74, 6) is 1.55. The molecule has 2 aromatic heterocycles. The number of hydrogen-bond acceptors (Lipinski definition) is 4. The number of aromatic nitrogens is 2. The molecule has 3 rings (SSSR count). The minimum absolute atomic E-state index is 0.747. The molecule has 3 aromatic rings. The summed E-state index contributed by atoms with van der Waals surface area (Å²) in [5.41, 5.74) is 2.50. The highest BCUT2D eigenvalue weighted by atomic mass is 16.5. The van der Waals surface area contributed by atoms with E-state index in [4.69, 9.17) is 4.74 Å². The first kappa shape index (κ1) is 12.3. The molecule has 0 saturated heterocycles. The fourth-order valence-electron chi connectivity index (χ4n) is 1.97. The Labute approximate surface area is 116 Å². The molecule has 0 unspecified atom stereocenters. The van der Waals surface area contributed by atoms with E-state index in [1.54, 1.807) is 7.11 Å². The molecule has 0 N–H and O–H groups in total. The summed E-state index contributed by atoms with van der Waals surface area (Å²) in [5, 5.41) is 8.55. The average Bonchev–Trinajstić information content (AvgIpc) is 2.81. The summed E-state index contributed by atoms with van der Waals surface area (Å²) in [4.78, 5) is 4.44. The van der Waals surface area contributed by atoms with Gasteiger partial charge in [-0.3, -0.25) is 4.40 Å². The third kappa shape index (κ3) is 2.25. The molecular weight excluding hydrogens is 252 g/mol. The number of benzene rings is 1. The molecule has 0 aliphatic heterocycles. The van der Waals surface area contributed by atoms with Gasteiger partial charge in [-0.2, -0.15) is 0 Å². The van der Waals surface area contributed by atoms with Crippen molar-refractivity contribution in [3.63, 3.8) is 0 Å². The Morgan fingerprint density at radius 2 is 1.85 bits per heavy atom. The molecule has 1 aromatic carbocycles. The van der Waals surface area contributed by atoms with Crippen molar-refractivity contribution in [2.75, 3.05) is 7.11 Å². The van der Waals surface area contributed by atoms with E-state index in [9.17, 15) is 0 Å². The van der Waals surface area contributed by atoms with Gasteiger partial charge in [0.2, 0.25) is 0 Å². The topological polar surface area (TPSA) is 51.2 Å². The maximum Gasteiger partial charge on any atom is 0.182 e. The van der Waals surface area contributed by atoms with Gasteiger partial charge >= 0.3 is 0 Å². The monoisotopic (exact) mass is 266 g/mol. The number of hydrogen-bond donors (Lipinski definition) is 0. The van der Waals surface area contributed by atoms with Crippen LogP contribution in [0, 0.1) is 6.92 Å². The van der Waals surface area contributed by atoms with Crippen LogP contribution in [0.5, 0.6) is 5.75 Å². The highest BCUT2D eigenvalue weighted by Crippen LogP contribution is 2.24. The number of rotatable bonds is 3. The van der Waals surface area contributed by atoms with Gasteiger partial charge in [0.1, 0.15) is 11.4 Å². The van der Waals surface area contributed by atoms with E-state index in [-0.39, 0.29) is 0 Å². The maximum atomic E-state index is 5.11. The number of nitrogens with zero attached hydrogens (tertiary/aromatic N) is 4. The Kier molecular flexibility index (Phi) is 3.16. The molecule has 5 heteroatoms. The Morgan fingerprint density at radius 3 is 2.60 bits per heavy atom. The fourth-order valence-corrected chi connectivity index (χ4v) is 1.97. The lowest BCUT2D eigenvalue weighted by molar-refractivity contribution is 0.415. The Balaban J connectivity index is 1.95. The quantitative estimate of drug-likeness (QED) is 0.671. The van der Waals surface area contributed by atoms with Crippen LogP contribution in [0.15, 0.2) is 58.9 Å². The molecule has 0 spiro atoms. The molecule has 0 fully saturated rings. The highest BCUT2D eigenvalue weighted by Gasteiger charge is 2.06. The van der Waals surface area contributed by atoms with E-state index in [2.05, 4.69) is 15.2 Å². The Bertz CT molecular complexity index is 759. The zero-order valence-electron chi connectivity index (χ0n) is 11.3. The first-order valence-electron chi connectivity index (χ1n) is 6.27. The van der Waals surface area contributed by atoms with Crippen molar-refractivity contribution in [2.45, 2.75) is 6.92 Å². The number of fused-ring (bicyclic) bond motifs is 1. The number of methoxy groups -OCH3 is 1. The summed E-state index contributed by atoms with van der Waals surface area (Å²) in [6, 6.07) is 13.3. The zero-order chi connectivity index (χ0) is 13.9. The van der Waals surface area contributed by atoms with E-state index < -0.39 is 0 Å². The predicted octanol–water partition coefficient (Wildman–Crippen LogP) is 4.07. The molecule has 5 nitrogen and oxygen atoms in total. The maximum absolute atomic E-state index is 5.11. The van der Waals surface area contributed by atoms with E-state index in [0.717, 1.165) is 28.6 Å². The average molecular weight is 266 g/mol.